The number of thioether (sulfide) groups is 1. The van der Waals surface area contributed by atoms with Gasteiger partial charge in [0.25, 0.3) is 0 Å². The van der Waals surface area contributed by atoms with Gasteiger partial charge in [-0.15, -0.1) is 11.8 Å². The summed E-state index contributed by atoms with van der Waals surface area (Å²) < 4.78 is 11.7. The van der Waals surface area contributed by atoms with E-state index in [1.165, 1.54) is 30.4 Å². The monoisotopic (exact) mass is 399 g/mol. The molecule has 2 fully saturated rings. The fourth-order valence-electron chi connectivity index (χ4n) is 6.61. The molecule has 28 heavy (non-hydrogen) atoms. The van der Waals surface area contributed by atoms with Crippen LogP contribution in [-0.4, -0.2) is 30.0 Å². The number of carbonyl (C=O) groups excluding carboxylic acids is 1. The molecule has 5 rings (SSSR count). The van der Waals surface area contributed by atoms with Gasteiger partial charge >= 0.3 is 5.97 Å². The van der Waals surface area contributed by atoms with E-state index in [9.17, 15) is 4.79 Å². The molecule has 0 aromatic heterocycles. The number of hydrogen-bond acceptors (Lipinski definition) is 5. The number of rotatable bonds is 1. The van der Waals surface area contributed by atoms with Crippen LogP contribution in [-0.2, 0) is 16.0 Å². The molecule has 1 aliphatic heterocycles. The maximum absolute atomic E-state index is 11.6. The van der Waals surface area contributed by atoms with Crippen molar-refractivity contribution in [1.29, 1.82) is 0 Å². The Morgan fingerprint density at radius 1 is 1.29 bits per heavy atom. The van der Waals surface area contributed by atoms with Gasteiger partial charge in [0.2, 0.25) is 0 Å². The highest BCUT2D eigenvalue weighted by Crippen LogP contribution is 2.62. The predicted octanol–water partition coefficient (Wildman–Crippen LogP) is 5.26. The quantitative estimate of drug-likeness (QED) is 0.605. The van der Waals surface area contributed by atoms with Crippen LogP contribution in [0.3, 0.4) is 0 Å². The highest BCUT2D eigenvalue weighted by molar-refractivity contribution is 8.13. The number of aliphatic imine (C=N–C) groups is 1. The SMILES string of the molecule is CSC1=Nc2c(ccc3c2CC[C@@H]2[C@@H]3CC[C@]3(C)[C@@H](OC(C)=O)CC[C@@H]23)OC1. The van der Waals surface area contributed by atoms with Crippen molar-refractivity contribution in [2.75, 3.05) is 12.9 Å². The van der Waals surface area contributed by atoms with Gasteiger partial charge in [0, 0.05) is 12.3 Å². The Morgan fingerprint density at radius 3 is 2.93 bits per heavy atom. The molecule has 0 N–H and O–H groups in total. The third-order valence-electron chi connectivity index (χ3n) is 7.89. The molecular formula is C23H29NO3S. The summed E-state index contributed by atoms with van der Waals surface area (Å²) >= 11 is 1.68. The van der Waals surface area contributed by atoms with Gasteiger partial charge in [-0.2, -0.15) is 0 Å². The molecule has 5 heteroatoms. The number of benzene rings is 1. The minimum atomic E-state index is -0.128. The van der Waals surface area contributed by atoms with Crippen LogP contribution in [0.15, 0.2) is 17.1 Å². The molecule has 0 amide bonds. The second-order valence-corrected chi connectivity index (χ2v) is 9.99. The average molecular weight is 400 g/mol. The number of fused-ring (bicyclic) bond motifs is 7. The van der Waals surface area contributed by atoms with Crippen molar-refractivity contribution in [1.82, 2.24) is 0 Å². The predicted molar refractivity (Wildman–Crippen MR) is 113 cm³/mol. The summed E-state index contributed by atoms with van der Waals surface area (Å²) in [6.07, 6.45) is 9.00. The first-order chi connectivity index (χ1) is 13.5. The number of ether oxygens (including phenoxy) is 2. The minimum Gasteiger partial charge on any atom is -0.484 e. The van der Waals surface area contributed by atoms with Crippen LogP contribution in [0.5, 0.6) is 5.75 Å². The largest absolute Gasteiger partial charge is 0.484 e. The average Bonchev–Trinajstić information content (AvgIpc) is 3.02. The molecule has 0 radical (unpaired) electrons. The van der Waals surface area contributed by atoms with Crippen LogP contribution in [0.2, 0.25) is 0 Å². The lowest BCUT2D eigenvalue weighted by molar-refractivity contribution is -0.154. The van der Waals surface area contributed by atoms with Crippen LogP contribution in [0.1, 0.15) is 63.0 Å². The molecule has 5 atom stereocenters. The number of nitrogens with zero attached hydrogens (tertiary/aromatic N) is 1. The molecular weight excluding hydrogens is 370 g/mol. The molecule has 0 spiro atoms. The number of hydrogen-bond donors (Lipinski definition) is 0. The molecule has 0 saturated heterocycles. The lowest BCUT2D eigenvalue weighted by atomic mass is 9.55. The normalized spacial score (nSPS) is 35.6. The first kappa shape index (κ1) is 18.5. The van der Waals surface area contributed by atoms with E-state index in [0.29, 0.717) is 24.4 Å². The van der Waals surface area contributed by atoms with E-state index in [-0.39, 0.29) is 17.5 Å². The first-order valence-corrected chi connectivity index (χ1v) is 11.8. The molecule has 1 aromatic rings. The molecule has 0 unspecified atom stereocenters. The van der Waals surface area contributed by atoms with Crippen molar-refractivity contribution in [3.05, 3.63) is 23.3 Å². The Labute approximate surface area is 171 Å². The number of esters is 1. The fourth-order valence-corrected chi connectivity index (χ4v) is 6.97. The second-order valence-electron chi connectivity index (χ2n) is 9.11. The molecule has 0 bridgehead atoms. The lowest BCUT2D eigenvalue weighted by Gasteiger charge is -2.50. The van der Waals surface area contributed by atoms with Gasteiger partial charge in [0.05, 0.1) is 0 Å². The fraction of sp³-hybridized carbons (Fsp3) is 0.652. The smallest absolute Gasteiger partial charge is 0.302 e. The van der Waals surface area contributed by atoms with Gasteiger partial charge in [-0.1, -0.05) is 13.0 Å². The Hall–Kier alpha value is -1.49. The summed E-state index contributed by atoms with van der Waals surface area (Å²) in [5.41, 5.74) is 4.15. The summed E-state index contributed by atoms with van der Waals surface area (Å²) in [6.45, 7) is 4.52. The zero-order chi connectivity index (χ0) is 19.5. The maximum atomic E-state index is 11.6. The van der Waals surface area contributed by atoms with Crippen molar-refractivity contribution >= 4 is 28.5 Å². The van der Waals surface area contributed by atoms with Gasteiger partial charge < -0.3 is 9.47 Å². The van der Waals surface area contributed by atoms with E-state index in [1.54, 1.807) is 18.7 Å². The van der Waals surface area contributed by atoms with Crippen LogP contribution in [0, 0.1) is 17.3 Å². The van der Waals surface area contributed by atoms with E-state index in [2.05, 4.69) is 25.3 Å². The second kappa shape index (κ2) is 6.79. The molecule has 4 aliphatic rings. The van der Waals surface area contributed by atoms with Crippen molar-refractivity contribution < 1.29 is 14.3 Å². The molecule has 1 aromatic carbocycles. The van der Waals surface area contributed by atoms with E-state index in [1.807, 2.05) is 0 Å². The van der Waals surface area contributed by atoms with Gasteiger partial charge in [-0.25, -0.2) is 4.99 Å². The summed E-state index contributed by atoms with van der Waals surface area (Å²) in [5, 5.41) is 1.07. The third kappa shape index (κ3) is 2.72. The molecule has 3 aliphatic carbocycles. The first-order valence-electron chi connectivity index (χ1n) is 10.6. The van der Waals surface area contributed by atoms with E-state index < -0.39 is 0 Å². The van der Waals surface area contributed by atoms with Crippen molar-refractivity contribution in [3.8, 4) is 5.75 Å². The highest BCUT2D eigenvalue weighted by Gasteiger charge is 2.56. The topological polar surface area (TPSA) is 47.9 Å². The summed E-state index contributed by atoms with van der Waals surface area (Å²) in [5.74, 6) is 2.78. The highest BCUT2D eigenvalue weighted by atomic mass is 32.2. The Morgan fingerprint density at radius 2 is 2.14 bits per heavy atom. The summed E-state index contributed by atoms with van der Waals surface area (Å²) in [7, 11) is 0. The standard InChI is InChI=1S/C23H29NO3S/c1-13(25)27-20-9-7-18-16-4-5-17-14(15(16)10-11-23(18,20)2)6-8-19-22(17)24-21(28-3)12-26-19/h6,8,15-16,18,20H,4-5,7,9-12H2,1-3H3/t15-,16-,18+,20+,23+/m1/s1. The van der Waals surface area contributed by atoms with Crippen molar-refractivity contribution in [2.45, 2.75) is 64.4 Å². The van der Waals surface area contributed by atoms with Crippen LogP contribution in [0.25, 0.3) is 0 Å². The third-order valence-corrected chi connectivity index (χ3v) is 8.57. The Kier molecular flexibility index (Phi) is 4.49. The lowest BCUT2D eigenvalue weighted by Crippen LogP contribution is -2.45. The molecule has 4 nitrogen and oxygen atoms in total. The van der Waals surface area contributed by atoms with Gasteiger partial charge in [-0.3, -0.25) is 4.79 Å². The molecule has 150 valence electrons. The van der Waals surface area contributed by atoms with Gasteiger partial charge in [0.1, 0.15) is 29.2 Å². The van der Waals surface area contributed by atoms with Crippen molar-refractivity contribution in [3.63, 3.8) is 0 Å². The van der Waals surface area contributed by atoms with E-state index in [0.717, 1.165) is 35.7 Å². The van der Waals surface area contributed by atoms with Crippen molar-refractivity contribution in [2.24, 2.45) is 22.2 Å². The zero-order valence-electron chi connectivity index (χ0n) is 17.0. The summed E-state index contributed by atoms with van der Waals surface area (Å²) in [4.78, 5) is 16.5. The van der Waals surface area contributed by atoms with E-state index >= 15 is 0 Å². The van der Waals surface area contributed by atoms with E-state index in [4.69, 9.17) is 14.5 Å². The summed E-state index contributed by atoms with van der Waals surface area (Å²) in [6, 6.07) is 4.45. The molecule has 1 heterocycles. The minimum absolute atomic E-state index is 0.100. The molecule has 2 saturated carbocycles. The van der Waals surface area contributed by atoms with Crippen LogP contribution >= 0.6 is 11.8 Å². The zero-order valence-corrected chi connectivity index (χ0v) is 17.8. The maximum Gasteiger partial charge on any atom is 0.302 e. The Bertz CT molecular complexity index is 850. The van der Waals surface area contributed by atoms with Crippen LogP contribution < -0.4 is 4.74 Å². The number of carbonyl (C=O) groups is 1. The Balaban J connectivity index is 1.48. The van der Waals surface area contributed by atoms with Gasteiger partial charge in [0.15, 0.2) is 0 Å². The van der Waals surface area contributed by atoms with Gasteiger partial charge in [-0.05, 0) is 79.7 Å². The van der Waals surface area contributed by atoms with Crippen LogP contribution in [0.4, 0.5) is 5.69 Å².